The van der Waals surface area contributed by atoms with Crippen molar-refractivity contribution in [3.05, 3.63) is 71.2 Å². The average Bonchev–Trinajstić information content (AvgIpc) is 2.87. The molecule has 1 aromatic carbocycles. The van der Waals surface area contributed by atoms with E-state index in [0.717, 1.165) is 0 Å². The van der Waals surface area contributed by atoms with Gasteiger partial charge in [-0.2, -0.15) is 0 Å². The van der Waals surface area contributed by atoms with Crippen molar-refractivity contribution in [1.29, 1.82) is 0 Å². The predicted molar refractivity (Wildman–Crippen MR) is 133 cm³/mol. The van der Waals surface area contributed by atoms with E-state index in [1.807, 2.05) is 0 Å². The molecule has 0 bridgehead atoms. The van der Waals surface area contributed by atoms with Crippen LogP contribution in [0.5, 0.6) is 5.88 Å². The maximum atomic E-state index is 14.4. The van der Waals surface area contributed by atoms with Crippen LogP contribution in [0.2, 0.25) is 0 Å². The number of nitrogens with zero attached hydrogens (tertiary/aromatic N) is 2. The number of aliphatic hydroxyl groups is 2. The molecule has 0 radical (unpaired) electrons. The van der Waals surface area contributed by atoms with E-state index in [4.69, 9.17) is 14.6 Å². The van der Waals surface area contributed by atoms with Gasteiger partial charge in [-0.25, -0.2) is 13.8 Å². The lowest BCUT2D eigenvalue weighted by Crippen LogP contribution is -2.46. The molecule has 8 nitrogen and oxygen atoms in total. The molecule has 0 unspecified atom stereocenters. The Kier molecular flexibility index (Phi) is 7.82. The third-order valence-electron chi connectivity index (χ3n) is 6.13. The lowest BCUT2D eigenvalue weighted by molar-refractivity contribution is -0.185. The summed E-state index contributed by atoms with van der Waals surface area (Å²) in [5, 5.41) is 22.7. The summed E-state index contributed by atoms with van der Waals surface area (Å²) in [6, 6.07) is 8.86. The number of alkyl halides is 2. The van der Waals surface area contributed by atoms with Crippen LogP contribution in [0.25, 0.3) is 11.1 Å². The molecule has 1 amide bonds. The first kappa shape index (κ1) is 26.6. The zero-order chi connectivity index (χ0) is 26.6. The van der Waals surface area contributed by atoms with E-state index in [9.17, 15) is 18.7 Å². The minimum atomic E-state index is -3.02. The molecule has 3 N–H and O–H groups in total. The number of amides is 1. The molecule has 0 atom stereocenters. The molecule has 0 spiro atoms. The Balaban J connectivity index is 1.61. The number of pyridine rings is 2. The highest BCUT2D eigenvalue weighted by molar-refractivity contribution is 6.04. The standard InChI is InChI=1S/C27H29F2N3O5/c1-3-7-27(28,29)20-6-4-5-18(10-20)24(34)32-21-12-22(17(2)30-14-21)19-11-23(26(35)15-36-16-26)25(31-13-19)37-9-8-33/h4-6,10-14,33,35H,3,7-9,15-16H2,1-2H3,(H,32,34). The summed E-state index contributed by atoms with van der Waals surface area (Å²) in [5.41, 5.74) is 1.33. The Bertz CT molecular complexity index is 1280. The number of aliphatic hydroxyl groups excluding tert-OH is 1. The van der Waals surface area contributed by atoms with Gasteiger partial charge in [0.15, 0.2) is 0 Å². The molecular formula is C27H29F2N3O5. The van der Waals surface area contributed by atoms with Gasteiger partial charge < -0.3 is 25.0 Å². The van der Waals surface area contributed by atoms with Crippen molar-refractivity contribution < 1.29 is 33.3 Å². The second-order valence-electron chi connectivity index (χ2n) is 9.02. The van der Waals surface area contributed by atoms with Crippen molar-refractivity contribution in [2.75, 3.05) is 31.7 Å². The minimum absolute atomic E-state index is 0.0178. The van der Waals surface area contributed by atoms with Gasteiger partial charge in [0, 0.05) is 40.6 Å². The number of halogens is 2. The lowest BCUT2D eigenvalue weighted by Gasteiger charge is -2.37. The van der Waals surface area contributed by atoms with Crippen LogP contribution in [0.1, 0.15) is 46.9 Å². The summed E-state index contributed by atoms with van der Waals surface area (Å²) in [5.74, 6) is -3.37. The van der Waals surface area contributed by atoms with Gasteiger partial charge >= 0.3 is 0 Å². The maximum Gasteiger partial charge on any atom is 0.273 e. The number of rotatable bonds is 10. The van der Waals surface area contributed by atoms with E-state index < -0.39 is 17.4 Å². The van der Waals surface area contributed by atoms with Crippen molar-refractivity contribution in [2.24, 2.45) is 0 Å². The fourth-order valence-electron chi connectivity index (χ4n) is 4.08. The van der Waals surface area contributed by atoms with Crippen LogP contribution in [0.15, 0.2) is 48.8 Å². The van der Waals surface area contributed by atoms with Gasteiger partial charge in [-0.3, -0.25) is 9.78 Å². The van der Waals surface area contributed by atoms with Crippen molar-refractivity contribution in [3.63, 3.8) is 0 Å². The highest BCUT2D eigenvalue weighted by Crippen LogP contribution is 2.38. The molecule has 1 aliphatic rings. The SMILES string of the molecule is CCCC(F)(F)c1cccc(C(=O)Nc2cnc(C)c(-c3cnc(OCCO)c(C4(O)COC4)c3)c2)c1. The van der Waals surface area contributed by atoms with Gasteiger partial charge in [-0.05, 0) is 31.2 Å². The fraction of sp³-hybridized carbons (Fsp3) is 0.370. The van der Waals surface area contributed by atoms with Gasteiger partial charge in [0.2, 0.25) is 5.88 Å². The lowest BCUT2D eigenvalue weighted by atomic mass is 9.90. The van der Waals surface area contributed by atoms with E-state index in [0.29, 0.717) is 34.5 Å². The Morgan fingerprint density at radius 3 is 2.68 bits per heavy atom. The van der Waals surface area contributed by atoms with Gasteiger partial charge in [0.25, 0.3) is 11.8 Å². The fourth-order valence-corrected chi connectivity index (χ4v) is 4.08. The number of hydrogen-bond donors (Lipinski definition) is 3. The first-order chi connectivity index (χ1) is 17.7. The first-order valence-corrected chi connectivity index (χ1v) is 12.0. The van der Waals surface area contributed by atoms with Gasteiger partial charge in [0.1, 0.15) is 12.2 Å². The number of nitrogens with one attached hydrogen (secondary N) is 1. The Morgan fingerprint density at radius 1 is 1.22 bits per heavy atom. The van der Waals surface area contributed by atoms with Crippen LogP contribution in [0, 0.1) is 6.92 Å². The smallest absolute Gasteiger partial charge is 0.273 e. The van der Waals surface area contributed by atoms with Crippen LogP contribution in [0.3, 0.4) is 0 Å². The van der Waals surface area contributed by atoms with Gasteiger partial charge in [-0.1, -0.05) is 25.5 Å². The van der Waals surface area contributed by atoms with Crippen LogP contribution in [-0.4, -0.2) is 52.5 Å². The molecule has 10 heteroatoms. The second kappa shape index (κ2) is 10.9. The summed E-state index contributed by atoms with van der Waals surface area (Å²) in [7, 11) is 0. The normalized spacial score (nSPS) is 14.6. The van der Waals surface area contributed by atoms with Crippen LogP contribution >= 0.6 is 0 Å². The second-order valence-corrected chi connectivity index (χ2v) is 9.02. The van der Waals surface area contributed by atoms with Crippen LogP contribution in [-0.2, 0) is 16.3 Å². The number of ether oxygens (including phenoxy) is 2. The average molecular weight is 514 g/mol. The molecule has 3 aromatic rings. The highest BCUT2D eigenvalue weighted by atomic mass is 19.3. The maximum absolute atomic E-state index is 14.4. The number of aryl methyl sites for hydroxylation is 1. The molecule has 1 aliphatic heterocycles. The van der Waals surface area contributed by atoms with E-state index in [1.165, 1.54) is 30.5 Å². The zero-order valence-corrected chi connectivity index (χ0v) is 20.6. The Hall–Kier alpha value is -3.47. The predicted octanol–water partition coefficient (Wildman–Crippen LogP) is 4.19. The number of hydrogen-bond acceptors (Lipinski definition) is 7. The molecule has 2 aromatic heterocycles. The molecule has 196 valence electrons. The third-order valence-corrected chi connectivity index (χ3v) is 6.13. The molecule has 4 rings (SSSR count). The van der Waals surface area contributed by atoms with Crippen molar-refractivity contribution in [3.8, 4) is 17.0 Å². The van der Waals surface area contributed by atoms with Gasteiger partial charge in [0.05, 0.1) is 37.3 Å². The summed E-state index contributed by atoms with van der Waals surface area (Å²) < 4.78 is 39.4. The van der Waals surface area contributed by atoms with Crippen molar-refractivity contribution in [1.82, 2.24) is 9.97 Å². The number of carbonyl (C=O) groups excluding carboxylic acids is 1. The molecule has 3 heterocycles. The largest absolute Gasteiger partial charge is 0.475 e. The molecule has 1 saturated heterocycles. The summed E-state index contributed by atoms with van der Waals surface area (Å²) in [6.45, 7) is 3.44. The zero-order valence-electron chi connectivity index (χ0n) is 20.6. The van der Waals surface area contributed by atoms with E-state index in [2.05, 4.69) is 15.3 Å². The summed E-state index contributed by atoms with van der Waals surface area (Å²) in [6.07, 6.45) is 3.04. The van der Waals surface area contributed by atoms with E-state index in [1.54, 1.807) is 32.2 Å². The van der Waals surface area contributed by atoms with Crippen molar-refractivity contribution in [2.45, 2.75) is 38.2 Å². The van der Waals surface area contributed by atoms with Crippen LogP contribution in [0.4, 0.5) is 14.5 Å². The van der Waals surface area contributed by atoms with E-state index in [-0.39, 0.29) is 49.9 Å². The molecule has 0 saturated carbocycles. The third kappa shape index (κ3) is 5.76. The molecular weight excluding hydrogens is 484 g/mol. The monoisotopic (exact) mass is 513 g/mol. The summed E-state index contributed by atoms with van der Waals surface area (Å²) >= 11 is 0. The number of anilines is 1. The topological polar surface area (TPSA) is 114 Å². The first-order valence-electron chi connectivity index (χ1n) is 12.0. The molecule has 0 aliphatic carbocycles. The van der Waals surface area contributed by atoms with Crippen molar-refractivity contribution >= 4 is 11.6 Å². The number of carbonyl (C=O) groups is 1. The number of benzene rings is 1. The molecule has 37 heavy (non-hydrogen) atoms. The minimum Gasteiger partial charge on any atom is -0.475 e. The van der Waals surface area contributed by atoms with Crippen LogP contribution < -0.4 is 10.1 Å². The quantitative estimate of drug-likeness (QED) is 0.373. The highest BCUT2D eigenvalue weighted by Gasteiger charge is 2.41. The Labute approximate surface area is 213 Å². The molecule has 1 fully saturated rings. The summed E-state index contributed by atoms with van der Waals surface area (Å²) in [4.78, 5) is 21.6. The number of aromatic nitrogens is 2. The van der Waals surface area contributed by atoms with Gasteiger partial charge in [-0.15, -0.1) is 0 Å². The van der Waals surface area contributed by atoms with E-state index >= 15 is 0 Å². The Morgan fingerprint density at radius 2 is 2.00 bits per heavy atom.